The summed E-state index contributed by atoms with van der Waals surface area (Å²) in [5, 5.41) is 0. The van der Waals surface area contributed by atoms with Gasteiger partial charge in [-0.1, -0.05) is 34.5 Å². The van der Waals surface area contributed by atoms with Gasteiger partial charge in [-0.15, -0.1) is 0 Å². The topological polar surface area (TPSA) is 9.23 Å². The fraction of sp³-hybridized carbons (Fsp3) is 1.00. The van der Waals surface area contributed by atoms with Crippen LogP contribution >= 0.6 is 27.5 Å². The molecule has 2 unspecified atom stereocenters. The first kappa shape index (κ1) is 8.73. The maximum atomic E-state index is 5.65. The molecular formula is C5H10BrClO. The molecule has 1 nitrogen and oxygen atoms in total. The average Bonchev–Trinajstić information content (AvgIpc) is 1.84. The first-order valence-electron chi connectivity index (χ1n) is 2.53. The lowest BCUT2D eigenvalue weighted by Crippen LogP contribution is -2.14. The van der Waals surface area contributed by atoms with E-state index in [-0.39, 0.29) is 10.4 Å². The molecule has 0 spiro atoms. The van der Waals surface area contributed by atoms with Crippen LogP contribution in [0, 0.1) is 0 Å². The van der Waals surface area contributed by atoms with Crippen molar-refractivity contribution in [1.29, 1.82) is 0 Å². The van der Waals surface area contributed by atoms with Gasteiger partial charge in [0.15, 0.2) is 0 Å². The lowest BCUT2D eigenvalue weighted by Gasteiger charge is -2.11. The molecule has 0 aromatic rings. The van der Waals surface area contributed by atoms with Crippen molar-refractivity contribution in [2.75, 3.05) is 7.11 Å². The van der Waals surface area contributed by atoms with Crippen molar-refractivity contribution in [2.45, 2.75) is 23.7 Å². The van der Waals surface area contributed by atoms with E-state index in [0.717, 1.165) is 6.42 Å². The van der Waals surface area contributed by atoms with E-state index in [9.17, 15) is 0 Å². The van der Waals surface area contributed by atoms with Gasteiger partial charge in [0.25, 0.3) is 0 Å². The molecule has 0 saturated heterocycles. The fourth-order valence-corrected chi connectivity index (χ4v) is 0.727. The minimum Gasteiger partial charge on any atom is -0.365 e. The Labute approximate surface area is 63.5 Å². The van der Waals surface area contributed by atoms with Crippen LogP contribution in [0.2, 0.25) is 0 Å². The maximum absolute atomic E-state index is 5.65. The molecule has 0 amide bonds. The van der Waals surface area contributed by atoms with Crippen LogP contribution in [-0.4, -0.2) is 17.5 Å². The SMILES string of the molecule is CCC(Br)C(Cl)OC. The van der Waals surface area contributed by atoms with Gasteiger partial charge in [0.05, 0.1) is 4.83 Å². The van der Waals surface area contributed by atoms with Gasteiger partial charge in [-0.05, 0) is 6.42 Å². The smallest absolute Gasteiger partial charge is 0.143 e. The van der Waals surface area contributed by atoms with Crippen LogP contribution in [-0.2, 0) is 4.74 Å². The van der Waals surface area contributed by atoms with Crippen LogP contribution in [0.15, 0.2) is 0 Å². The highest BCUT2D eigenvalue weighted by atomic mass is 79.9. The number of alkyl halides is 2. The van der Waals surface area contributed by atoms with Gasteiger partial charge in [-0.2, -0.15) is 0 Å². The second kappa shape index (κ2) is 4.59. The average molecular weight is 201 g/mol. The second-order valence-corrected chi connectivity index (χ2v) is 3.12. The highest BCUT2D eigenvalue weighted by molar-refractivity contribution is 9.09. The summed E-state index contributed by atoms with van der Waals surface area (Å²) in [7, 11) is 1.60. The van der Waals surface area contributed by atoms with Crippen molar-refractivity contribution in [3.05, 3.63) is 0 Å². The van der Waals surface area contributed by atoms with Crippen molar-refractivity contribution in [3.63, 3.8) is 0 Å². The number of hydrogen-bond donors (Lipinski definition) is 0. The van der Waals surface area contributed by atoms with E-state index >= 15 is 0 Å². The van der Waals surface area contributed by atoms with Gasteiger partial charge in [-0.25, -0.2) is 0 Å². The van der Waals surface area contributed by atoms with E-state index < -0.39 is 0 Å². The molecule has 0 N–H and O–H groups in total. The fourth-order valence-electron chi connectivity index (χ4n) is 0.333. The zero-order valence-electron chi connectivity index (χ0n) is 5.03. The Kier molecular flexibility index (Phi) is 5.01. The zero-order chi connectivity index (χ0) is 6.57. The van der Waals surface area contributed by atoms with Crippen LogP contribution in [0.25, 0.3) is 0 Å². The summed E-state index contributed by atoms with van der Waals surface area (Å²) in [6.07, 6.45) is 0.988. The summed E-state index contributed by atoms with van der Waals surface area (Å²) in [6.45, 7) is 2.05. The Hall–Kier alpha value is 0.730. The Morgan fingerprint density at radius 2 is 2.25 bits per heavy atom. The Morgan fingerprint density at radius 1 is 1.75 bits per heavy atom. The molecule has 0 aliphatic heterocycles. The molecular weight excluding hydrogens is 191 g/mol. The normalized spacial score (nSPS) is 18.0. The summed E-state index contributed by atoms with van der Waals surface area (Å²) in [5.74, 6) is 0. The van der Waals surface area contributed by atoms with Gasteiger partial charge >= 0.3 is 0 Å². The lowest BCUT2D eigenvalue weighted by molar-refractivity contribution is 0.165. The third-order valence-corrected chi connectivity index (χ3v) is 2.81. The summed E-state index contributed by atoms with van der Waals surface area (Å²) in [6, 6.07) is 0. The summed E-state index contributed by atoms with van der Waals surface area (Å²) in [4.78, 5) is 0.272. The summed E-state index contributed by atoms with van der Waals surface area (Å²) in [5.41, 5.74) is -0.194. The molecule has 0 heterocycles. The highest BCUT2D eigenvalue weighted by Crippen LogP contribution is 2.15. The molecule has 0 aromatic heterocycles. The van der Waals surface area contributed by atoms with E-state index in [1.165, 1.54) is 0 Å². The van der Waals surface area contributed by atoms with Crippen LogP contribution in [0.4, 0.5) is 0 Å². The standard InChI is InChI=1S/C5H10BrClO/c1-3-4(6)5(7)8-2/h4-5H,3H2,1-2H3. The summed E-state index contributed by atoms with van der Waals surface area (Å²) < 4.78 is 4.82. The van der Waals surface area contributed by atoms with Crippen LogP contribution < -0.4 is 0 Å². The predicted octanol–water partition coefficient (Wildman–Crippen LogP) is 2.37. The zero-order valence-corrected chi connectivity index (χ0v) is 7.37. The van der Waals surface area contributed by atoms with E-state index in [2.05, 4.69) is 15.9 Å². The van der Waals surface area contributed by atoms with Gasteiger partial charge < -0.3 is 4.74 Å². The lowest BCUT2D eigenvalue weighted by atomic mass is 10.4. The maximum Gasteiger partial charge on any atom is 0.143 e. The van der Waals surface area contributed by atoms with E-state index in [4.69, 9.17) is 16.3 Å². The molecule has 8 heavy (non-hydrogen) atoms. The molecule has 2 atom stereocenters. The van der Waals surface area contributed by atoms with Gasteiger partial charge in [0.1, 0.15) is 5.56 Å². The van der Waals surface area contributed by atoms with Gasteiger partial charge in [-0.3, -0.25) is 0 Å². The number of rotatable bonds is 3. The van der Waals surface area contributed by atoms with E-state index in [1.807, 2.05) is 6.92 Å². The first-order valence-corrected chi connectivity index (χ1v) is 3.88. The number of halogens is 2. The minimum atomic E-state index is -0.194. The number of hydrogen-bond acceptors (Lipinski definition) is 1. The van der Waals surface area contributed by atoms with E-state index in [1.54, 1.807) is 7.11 Å². The van der Waals surface area contributed by atoms with Crippen LogP contribution in [0.1, 0.15) is 13.3 Å². The van der Waals surface area contributed by atoms with Crippen molar-refractivity contribution in [3.8, 4) is 0 Å². The minimum absolute atomic E-state index is 0.194. The molecule has 0 radical (unpaired) electrons. The quantitative estimate of drug-likeness (QED) is 0.637. The monoisotopic (exact) mass is 200 g/mol. The number of ether oxygens (including phenoxy) is 1. The Bertz CT molecular complexity index is 52.4. The third-order valence-electron chi connectivity index (χ3n) is 0.900. The summed E-state index contributed by atoms with van der Waals surface area (Å²) >= 11 is 8.99. The van der Waals surface area contributed by atoms with Gasteiger partial charge in [0.2, 0.25) is 0 Å². The van der Waals surface area contributed by atoms with Crippen molar-refractivity contribution in [1.82, 2.24) is 0 Å². The van der Waals surface area contributed by atoms with Gasteiger partial charge in [0, 0.05) is 7.11 Å². The molecule has 0 aliphatic carbocycles. The molecule has 50 valence electrons. The van der Waals surface area contributed by atoms with E-state index in [0.29, 0.717) is 0 Å². The Morgan fingerprint density at radius 3 is 2.38 bits per heavy atom. The molecule has 0 aliphatic rings. The third kappa shape index (κ3) is 2.90. The predicted molar refractivity (Wildman–Crippen MR) is 39.7 cm³/mol. The van der Waals surface area contributed by atoms with Crippen LogP contribution in [0.5, 0.6) is 0 Å². The number of methoxy groups -OCH3 is 1. The van der Waals surface area contributed by atoms with Crippen LogP contribution in [0.3, 0.4) is 0 Å². The first-order chi connectivity index (χ1) is 3.72. The highest BCUT2D eigenvalue weighted by Gasteiger charge is 2.11. The van der Waals surface area contributed by atoms with Crippen molar-refractivity contribution in [2.24, 2.45) is 0 Å². The second-order valence-electron chi connectivity index (χ2n) is 1.51. The Balaban J connectivity index is 3.29. The van der Waals surface area contributed by atoms with Crippen molar-refractivity contribution >= 4 is 27.5 Å². The van der Waals surface area contributed by atoms with Crippen molar-refractivity contribution < 1.29 is 4.74 Å². The molecule has 0 aromatic carbocycles. The molecule has 0 saturated carbocycles. The largest absolute Gasteiger partial charge is 0.365 e. The molecule has 0 rings (SSSR count). The molecule has 0 bridgehead atoms. The molecule has 3 heteroatoms. The molecule has 0 fully saturated rings.